The number of ether oxygens (including phenoxy) is 1. The summed E-state index contributed by atoms with van der Waals surface area (Å²) in [6.07, 6.45) is 2.37. The van der Waals surface area contributed by atoms with Crippen LogP contribution in [0.2, 0.25) is 0 Å². The maximum atomic E-state index is 15.5. The van der Waals surface area contributed by atoms with Gasteiger partial charge in [0.05, 0.1) is 19.3 Å². The molecule has 2 aromatic heterocycles. The molecule has 4 heterocycles. The van der Waals surface area contributed by atoms with Crippen LogP contribution >= 0.6 is 0 Å². The summed E-state index contributed by atoms with van der Waals surface area (Å²) in [5.74, 6) is 1.75. The van der Waals surface area contributed by atoms with Gasteiger partial charge in [-0.1, -0.05) is 0 Å². The second kappa shape index (κ2) is 7.67. The first-order valence-corrected chi connectivity index (χ1v) is 11.2. The van der Waals surface area contributed by atoms with E-state index in [1.54, 1.807) is 0 Å². The Morgan fingerprint density at radius 3 is 2.48 bits per heavy atom. The molecular formula is C21H27F2N7O. The number of anilines is 3. The molecule has 4 aliphatic rings. The molecule has 0 amide bonds. The van der Waals surface area contributed by atoms with Gasteiger partial charge in [0, 0.05) is 49.8 Å². The highest BCUT2D eigenvalue weighted by molar-refractivity contribution is 5.59. The van der Waals surface area contributed by atoms with Crippen LogP contribution in [0.1, 0.15) is 49.0 Å². The van der Waals surface area contributed by atoms with E-state index in [-0.39, 0.29) is 11.7 Å². The third-order valence-corrected chi connectivity index (χ3v) is 6.91. The molecule has 2 aliphatic carbocycles. The van der Waals surface area contributed by atoms with Crippen molar-refractivity contribution in [2.75, 3.05) is 49.6 Å². The number of hydrogen-bond acceptors (Lipinski definition) is 7. The number of alkyl halides is 1. The van der Waals surface area contributed by atoms with Crippen LogP contribution in [0.25, 0.3) is 0 Å². The molecule has 4 fully saturated rings. The maximum Gasteiger partial charge on any atom is 0.208 e. The predicted molar refractivity (Wildman–Crippen MR) is 111 cm³/mol. The summed E-state index contributed by atoms with van der Waals surface area (Å²) in [6, 6.07) is 2.32. The van der Waals surface area contributed by atoms with Crippen molar-refractivity contribution in [2.45, 2.75) is 49.7 Å². The Bertz CT molecular complexity index is 947. The fourth-order valence-corrected chi connectivity index (χ4v) is 4.53. The van der Waals surface area contributed by atoms with Crippen LogP contribution in [0.4, 0.5) is 26.2 Å². The lowest BCUT2D eigenvalue weighted by Gasteiger charge is -2.42. The van der Waals surface area contributed by atoms with E-state index in [9.17, 15) is 4.39 Å². The van der Waals surface area contributed by atoms with E-state index in [1.807, 2.05) is 11.0 Å². The molecule has 0 unspecified atom stereocenters. The second-order valence-corrected chi connectivity index (χ2v) is 9.16. The normalized spacial score (nSPS) is 27.1. The van der Waals surface area contributed by atoms with Gasteiger partial charge in [-0.3, -0.25) is 10.00 Å². The molecule has 31 heavy (non-hydrogen) atoms. The molecule has 166 valence electrons. The fraction of sp³-hybridized carbons (Fsp3) is 0.667. The lowest BCUT2D eigenvalue weighted by Crippen LogP contribution is -2.56. The zero-order chi connectivity index (χ0) is 20.9. The molecule has 2 saturated heterocycles. The van der Waals surface area contributed by atoms with Crippen molar-refractivity contribution in [3.63, 3.8) is 0 Å². The van der Waals surface area contributed by atoms with Gasteiger partial charge < -0.3 is 15.0 Å². The number of H-pyrrole nitrogens is 1. The largest absolute Gasteiger partial charge is 0.378 e. The van der Waals surface area contributed by atoms with Crippen molar-refractivity contribution in [1.29, 1.82) is 0 Å². The summed E-state index contributed by atoms with van der Waals surface area (Å²) in [6.45, 7) is 4.79. The summed E-state index contributed by atoms with van der Waals surface area (Å²) in [4.78, 5) is 13.5. The van der Waals surface area contributed by atoms with Gasteiger partial charge in [0.25, 0.3) is 0 Å². The first-order chi connectivity index (χ1) is 15.1. The summed E-state index contributed by atoms with van der Waals surface area (Å²) < 4.78 is 34.0. The molecule has 2 N–H and O–H groups in total. The SMILES string of the molecule is Fc1c(Nc2cc([C@H]3C[C@@H](F)C3)[nH]n2)nc(C2CC2)nc1N1CCN(C2COC2)CC1. The van der Waals surface area contributed by atoms with E-state index >= 15 is 4.39 Å². The number of halogens is 2. The summed E-state index contributed by atoms with van der Waals surface area (Å²) >= 11 is 0. The molecule has 10 heteroatoms. The molecule has 2 saturated carbocycles. The van der Waals surface area contributed by atoms with E-state index < -0.39 is 12.0 Å². The van der Waals surface area contributed by atoms with Crippen molar-refractivity contribution in [1.82, 2.24) is 25.1 Å². The number of rotatable bonds is 6. The van der Waals surface area contributed by atoms with Gasteiger partial charge in [-0.15, -0.1) is 0 Å². The number of nitrogens with one attached hydrogen (secondary N) is 2. The molecule has 8 nitrogen and oxygen atoms in total. The molecular weight excluding hydrogens is 404 g/mol. The fourth-order valence-electron chi connectivity index (χ4n) is 4.53. The maximum absolute atomic E-state index is 15.5. The number of piperazine rings is 1. The van der Waals surface area contributed by atoms with Crippen LogP contribution in [-0.2, 0) is 4.74 Å². The van der Waals surface area contributed by atoms with Crippen LogP contribution in [-0.4, -0.2) is 76.7 Å². The highest BCUT2D eigenvalue weighted by Crippen LogP contribution is 2.41. The Morgan fingerprint density at radius 1 is 1.06 bits per heavy atom. The zero-order valence-electron chi connectivity index (χ0n) is 17.4. The van der Waals surface area contributed by atoms with Crippen LogP contribution in [0.3, 0.4) is 0 Å². The minimum absolute atomic E-state index is 0.156. The molecule has 0 bridgehead atoms. The molecule has 0 atom stereocenters. The lowest BCUT2D eigenvalue weighted by molar-refractivity contribution is -0.0661. The summed E-state index contributed by atoms with van der Waals surface area (Å²) in [5.41, 5.74) is 0.879. The minimum Gasteiger partial charge on any atom is -0.378 e. The van der Waals surface area contributed by atoms with Gasteiger partial charge >= 0.3 is 0 Å². The molecule has 0 radical (unpaired) electrons. The zero-order valence-corrected chi connectivity index (χ0v) is 17.4. The first-order valence-electron chi connectivity index (χ1n) is 11.2. The topological polar surface area (TPSA) is 82.2 Å². The number of hydrogen-bond donors (Lipinski definition) is 2. The third kappa shape index (κ3) is 3.76. The average Bonchev–Trinajstić information content (AvgIpc) is 3.46. The first kappa shape index (κ1) is 19.4. The molecule has 0 spiro atoms. The molecule has 2 aliphatic heterocycles. The van der Waals surface area contributed by atoms with E-state index in [2.05, 4.69) is 30.4 Å². The molecule has 2 aromatic rings. The summed E-state index contributed by atoms with van der Waals surface area (Å²) in [5, 5.41) is 10.2. The van der Waals surface area contributed by atoms with Crippen molar-refractivity contribution < 1.29 is 13.5 Å². The van der Waals surface area contributed by atoms with E-state index in [1.165, 1.54) is 0 Å². The van der Waals surface area contributed by atoms with Crippen LogP contribution < -0.4 is 10.2 Å². The van der Waals surface area contributed by atoms with Gasteiger partial charge in [0.2, 0.25) is 5.82 Å². The van der Waals surface area contributed by atoms with Crippen LogP contribution in [0.5, 0.6) is 0 Å². The minimum atomic E-state index is -0.732. The summed E-state index contributed by atoms with van der Waals surface area (Å²) in [7, 11) is 0. The van der Waals surface area contributed by atoms with Crippen molar-refractivity contribution in [3.8, 4) is 0 Å². The third-order valence-electron chi connectivity index (χ3n) is 6.91. The Morgan fingerprint density at radius 2 is 1.84 bits per heavy atom. The quantitative estimate of drug-likeness (QED) is 0.728. The lowest BCUT2D eigenvalue weighted by atomic mass is 9.81. The van der Waals surface area contributed by atoms with Gasteiger partial charge in [0.1, 0.15) is 12.0 Å². The Kier molecular flexibility index (Phi) is 4.79. The standard InChI is InChI=1S/C21H27F2N7O/c22-14-7-13(8-14)16-9-17(28-27-16)24-20-18(23)21(26-19(25-20)12-1-2-12)30-5-3-29(4-6-30)15-10-31-11-15/h9,12-15H,1-8,10-11H2,(H2,24,25,26,27,28)/t13-,14+. The number of nitrogens with zero attached hydrogens (tertiary/aromatic N) is 5. The van der Waals surface area contributed by atoms with E-state index in [0.29, 0.717) is 42.3 Å². The second-order valence-electron chi connectivity index (χ2n) is 9.16. The van der Waals surface area contributed by atoms with Crippen molar-refractivity contribution in [2.24, 2.45) is 0 Å². The highest BCUT2D eigenvalue weighted by Gasteiger charge is 2.34. The highest BCUT2D eigenvalue weighted by atomic mass is 19.1. The number of aromatic amines is 1. The smallest absolute Gasteiger partial charge is 0.208 e. The van der Waals surface area contributed by atoms with Crippen LogP contribution in [0, 0.1) is 5.82 Å². The van der Waals surface area contributed by atoms with Gasteiger partial charge in [0.15, 0.2) is 17.5 Å². The van der Waals surface area contributed by atoms with E-state index in [4.69, 9.17) is 4.74 Å². The van der Waals surface area contributed by atoms with Gasteiger partial charge in [-0.2, -0.15) is 9.49 Å². The van der Waals surface area contributed by atoms with Gasteiger partial charge in [-0.25, -0.2) is 14.4 Å². The van der Waals surface area contributed by atoms with E-state index in [0.717, 1.165) is 57.9 Å². The van der Waals surface area contributed by atoms with Crippen molar-refractivity contribution in [3.05, 3.63) is 23.4 Å². The molecule has 6 rings (SSSR count). The molecule has 0 aromatic carbocycles. The predicted octanol–water partition coefficient (Wildman–Crippen LogP) is 2.70. The monoisotopic (exact) mass is 431 g/mol. The van der Waals surface area contributed by atoms with Crippen molar-refractivity contribution >= 4 is 17.5 Å². The average molecular weight is 431 g/mol. The van der Waals surface area contributed by atoms with Gasteiger partial charge in [-0.05, 0) is 25.7 Å². The van der Waals surface area contributed by atoms with Crippen LogP contribution in [0.15, 0.2) is 6.07 Å². The Labute approximate surface area is 179 Å². The number of aromatic nitrogens is 4. The Balaban J connectivity index is 1.21. The Hall–Kier alpha value is -2.33.